The van der Waals surface area contributed by atoms with Gasteiger partial charge in [0.1, 0.15) is 5.75 Å². The molecular weight excluding hydrogens is 524 g/mol. The van der Waals surface area contributed by atoms with E-state index in [9.17, 15) is 9.59 Å². The fourth-order valence-corrected chi connectivity index (χ4v) is 6.15. The summed E-state index contributed by atoms with van der Waals surface area (Å²) in [4.78, 5) is 33.9. The van der Waals surface area contributed by atoms with Crippen LogP contribution in [-0.2, 0) is 22.4 Å². The maximum Gasteiger partial charge on any atom is 0.339 e. The molecule has 0 bridgehead atoms. The van der Waals surface area contributed by atoms with Gasteiger partial charge in [-0.1, -0.05) is 69.3 Å². The summed E-state index contributed by atoms with van der Waals surface area (Å²) >= 11 is 0. The van der Waals surface area contributed by atoms with Gasteiger partial charge in [0.15, 0.2) is 6.61 Å². The molecule has 1 aromatic heterocycles. The number of nitrogens with zero attached hydrogens (tertiary/aromatic N) is 2. The Hall–Kier alpha value is -4.45. The first-order chi connectivity index (χ1) is 20.2. The van der Waals surface area contributed by atoms with Crippen molar-refractivity contribution in [2.24, 2.45) is 11.3 Å². The molecule has 2 heterocycles. The molecule has 6 rings (SSSR count). The number of benzene rings is 3. The lowest BCUT2D eigenvalue weighted by Gasteiger charge is -2.36. The summed E-state index contributed by atoms with van der Waals surface area (Å²) in [7, 11) is 1.66. The van der Waals surface area contributed by atoms with E-state index in [4.69, 9.17) is 14.5 Å². The molecule has 4 aromatic rings. The van der Waals surface area contributed by atoms with E-state index in [-0.39, 0.29) is 23.8 Å². The smallest absolute Gasteiger partial charge is 0.339 e. The van der Waals surface area contributed by atoms with Crippen LogP contribution in [-0.4, -0.2) is 37.1 Å². The van der Waals surface area contributed by atoms with Crippen molar-refractivity contribution in [3.05, 3.63) is 101 Å². The van der Waals surface area contributed by atoms with Gasteiger partial charge in [-0.2, -0.15) is 0 Å². The Labute approximate surface area is 247 Å². The number of aromatic nitrogens is 1. The van der Waals surface area contributed by atoms with Gasteiger partial charge in [-0.05, 0) is 83.2 Å². The minimum atomic E-state index is -0.482. The van der Waals surface area contributed by atoms with Gasteiger partial charge in [0, 0.05) is 17.6 Å². The topological polar surface area (TPSA) is 68.7 Å². The summed E-state index contributed by atoms with van der Waals surface area (Å²) in [5, 5.41) is 0.749. The van der Waals surface area contributed by atoms with E-state index in [0.717, 1.165) is 63.1 Å². The monoisotopic (exact) mass is 560 g/mol. The van der Waals surface area contributed by atoms with E-state index in [1.54, 1.807) is 12.0 Å². The number of pyridine rings is 1. The number of para-hydroxylation sites is 2. The number of anilines is 1. The van der Waals surface area contributed by atoms with Crippen molar-refractivity contribution in [2.45, 2.75) is 40.0 Å². The summed E-state index contributed by atoms with van der Waals surface area (Å²) in [5.74, 6) is 0.388. The highest BCUT2D eigenvalue weighted by Crippen LogP contribution is 2.45. The van der Waals surface area contributed by atoms with Crippen LogP contribution in [0.2, 0.25) is 0 Å². The number of hydrogen-bond acceptors (Lipinski definition) is 5. The van der Waals surface area contributed by atoms with E-state index in [2.05, 4.69) is 26.8 Å². The average molecular weight is 561 g/mol. The molecule has 0 N–H and O–H groups in total. The van der Waals surface area contributed by atoms with Crippen LogP contribution in [0.25, 0.3) is 22.6 Å². The summed E-state index contributed by atoms with van der Waals surface area (Å²) < 4.78 is 11.1. The van der Waals surface area contributed by atoms with Gasteiger partial charge < -0.3 is 14.4 Å². The van der Waals surface area contributed by atoms with Crippen molar-refractivity contribution >= 4 is 40.1 Å². The fourth-order valence-electron chi connectivity index (χ4n) is 6.15. The number of fused-ring (bicyclic) bond motifs is 3. The lowest BCUT2D eigenvalue weighted by Crippen LogP contribution is -2.33. The van der Waals surface area contributed by atoms with Crippen molar-refractivity contribution in [2.75, 3.05) is 25.2 Å². The summed E-state index contributed by atoms with van der Waals surface area (Å²) in [5.41, 5.74) is 7.14. The van der Waals surface area contributed by atoms with Crippen LogP contribution in [0.4, 0.5) is 5.69 Å². The summed E-state index contributed by atoms with van der Waals surface area (Å²) in [6.07, 6.45) is 4.51. The van der Waals surface area contributed by atoms with Gasteiger partial charge in [-0.15, -0.1) is 0 Å². The summed E-state index contributed by atoms with van der Waals surface area (Å²) in [6, 6.07) is 23.5. The number of amides is 1. The van der Waals surface area contributed by atoms with Gasteiger partial charge in [-0.3, -0.25) is 4.79 Å². The minimum absolute atomic E-state index is 0.00260. The predicted molar refractivity (Wildman–Crippen MR) is 167 cm³/mol. The molecular formula is C36H36N2O4. The largest absolute Gasteiger partial charge is 0.497 e. The highest BCUT2D eigenvalue weighted by molar-refractivity contribution is 6.07. The Kier molecular flexibility index (Phi) is 7.31. The van der Waals surface area contributed by atoms with Gasteiger partial charge in [-0.25, -0.2) is 9.78 Å². The molecule has 0 saturated carbocycles. The molecule has 1 aliphatic heterocycles. The molecule has 0 radical (unpaired) electrons. The van der Waals surface area contributed by atoms with Crippen LogP contribution < -0.4 is 9.64 Å². The van der Waals surface area contributed by atoms with E-state index in [0.29, 0.717) is 18.5 Å². The first kappa shape index (κ1) is 27.7. The molecule has 2 aliphatic rings. The van der Waals surface area contributed by atoms with Crippen molar-refractivity contribution in [3.8, 4) is 5.75 Å². The Morgan fingerprint density at radius 1 is 0.976 bits per heavy atom. The number of ether oxygens (including phenoxy) is 2. The lowest BCUT2D eigenvalue weighted by atomic mass is 9.69. The molecule has 0 fully saturated rings. The van der Waals surface area contributed by atoms with Gasteiger partial charge in [0.05, 0.1) is 23.9 Å². The van der Waals surface area contributed by atoms with Crippen LogP contribution in [0, 0.1) is 11.3 Å². The molecule has 0 saturated heterocycles. The zero-order valence-corrected chi connectivity index (χ0v) is 24.6. The molecule has 1 unspecified atom stereocenters. The number of esters is 1. The highest BCUT2D eigenvalue weighted by Gasteiger charge is 2.36. The third-order valence-corrected chi connectivity index (χ3v) is 8.61. The van der Waals surface area contributed by atoms with Crippen molar-refractivity contribution in [3.63, 3.8) is 0 Å². The zero-order valence-electron chi connectivity index (χ0n) is 24.6. The standard InChI is InChI=1S/C36H36N2O4/c1-36(2,3)26-20-25(19-23-13-15-27(41-4)16-14-23)34-29(21-26)33(28-10-6-7-11-30(28)37-34)35(40)42-22-32(39)38-18-17-24-9-5-8-12-31(24)38/h5-16,19,26H,17-18,20-22H2,1-4H3/b25-19+. The number of hydrogen-bond donors (Lipinski definition) is 0. The Balaban J connectivity index is 1.39. The van der Waals surface area contributed by atoms with Gasteiger partial charge >= 0.3 is 5.97 Å². The second-order valence-corrected chi connectivity index (χ2v) is 12.2. The lowest BCUT2D eigenvalue weighted by molar-refractivity contribution is -0.121. The Morgan fingerprint density at radius 3 is 2.48 bits per heavy atom. The Morgan fingerprint density at radius 2 is 1.71 bits per heavy atom. The average Bonchev–Trinajstić information content (AvgIpc) is 3.43. The molecule has 42 heavy (non-hydrogen) atoms. The van der Waals surface area contributed by atoms with Crippen LogP contribution in [0.5, 0.6) is 5.75 Å². The Bertz CT molecular complexity index is 1700. The molecule has 3 aromatic carbocycles. The van der Waals surface area contributed by atoms with Crippen molar-refractivity contribution in [1.82, 2.24) is 4.98 Å². The molecule has 214 valence electrons. The number of allylic oxidation sites excluding steroid dienone is 1. The second kappa shape index (κ2) is 11.1. The fraction of sp³-hybridized carbons (Fsp3) is 0.306. The normalized spacial score (nSPS) is 17.2. The van der Waals surface area contributed by atoms with E-state index in [1.807, 2.05) is 72.8 Å². The van der Waals surface area contributed by atoms with Crippen LogP contribution in [0.15, 0.2) is 72.8 Å². The third-order valence-electron chi connectivity index (χ3n) is 8.61. The van der Waals surface area contributed by atoms with E-state index in [1.165, 1.54) is 0 Å². The number of carbonyl (C=O) groups is 2. The summed E-state index contributed by atoms with van der Waals surface area (Å²) in [6.45, 7) is 7.01. The van der Waals surface area contributed by atoms with Crippen LogP contribution >= 0.6 is 0 Å². The number of rotatable bonds is 5. The SMILES string of the molecule is COc1ccc(/C=C2\CC(C(C)(C)C)Cc3c2nc2ccccc2c3C(=O)OCC(=O)N2CCc3ccccc32)cc1. The zero-order chi connectivity index (χ0) is 29.4. The second-order valence-electron chi connectivity index (χ2n) is 12.2. The third kappa shape index (κ3) is 5.29. The first-order valence-corrected chi connectivity index (χ1v) is 14.5. The van der Waals surface area contributed by atoms with Crippen molar-refractivity contribution in [1.29, 1.82) is 0 Å². The van der Waals surface area contributed by atoms with E-state index < -0.39 is 5.97 Å². The molecule has 0 spiro atoms. The molecule has 6 nitrogen and oxygen atoms in total. The number of methoxy groups -OCH3 is 1. The number of carbonyl (C=O) groups excluding carboxylic acids is 2. The molecule has 1 aliphatic carbocycles. The van der Waals surface area contributed by atoms with E-state index >= 15 is 0 Å². The van der Waals surface area contributed by atoms with Crippen molar-refractivity contribution < 1.29 is 19.1 Å². The predicted octanol–water partition coefficient (Wildman–Crippen LogP) is 7.14. The maximum absolute atomic E-state index is 13.9. The highest BCUT2D eigenvalue weighted by atomic mass is 16.5. The minimum Gasteiger partial charge on any atom is -0.497 e. The first-order valence-electron chi connectivity index (χ1n) is 14.5. The van der Waals surface area contributed by atoms with Crippen LogP contribution in [0.1, 0.15) is 59.9 Å². The van der Waals surface area contributed by atoms with Gasteiger partial charge in [0.25, 0.3) is 5.91 Å². The molecule has 1 atom stereocenters. The maximum atomic E-state index is 13.9. The van der Waals surface area contributed by atoms with Gasteiger partial charge in [0.2, 0.25) is 0 Å². The molecule has 6 heteroatoms. The van der Waals surface area contributed by atoms with Crippen LogP contribution in [0.3, 0.4) is 0 Å². The quantitative estimate of drug-likeness (QED) is 0.243. The molecule has 1 amide bonds.